The van der Waals surface area contributed by atoms with Crippen molar-refractivity contribution < 1.29 is 37.3 Å². The van der Waals surface area contributed by atoms with Crippen molar-refractivity contribution in [1.82, 2.24) is 15.2 Å². The van der Waals surface area contributed by atoms with Gasteiger partial charge in [0, 0.05) is 0 Å². The molecule has 0 unspecified atom stereocenters. The fraction of sp³-hybridized carbons (Fsp3) is 0.333. The number of fused-ring (bicyclic) bond motifs is 1. The zero-order valence-electron chi connectivity index (χ0n) is 10.5. The molecule has 0 fully saturated rings. The zero-order chi connectivity index (χ0) is 16.3. The van der Waals surface area contributed by atoms with Crippen LogP contribution >= 0.6 is 7.82 Å². The standard InChI is InChI=1S/C7H4F3N3O.C2H7O4P/c8-7(9,10)4-1-2-5-6(3-4)13(14)12-11-5;1-2-6-7(3,4)5/h1-3,14H;2H2,1H3,(H2,3,4,5). The first kappa shape index (κ1) is 17.4. The van der Waals surface area contributed by atoms with E-state index in [1.165, 1.54) is 6.92 Å². The predicted molar refractivity (Wildman–Crippen MR) is 63.4 cm³/mol. The first-order valence-corrected chi connectivity index (χ1v) is 6.89. The number of phosphoric ester groups is 1. The van der Waals surface area contributed by atoms with Gasteiger partial charge in [-0.1, -0.05) is 4.85 Å². The molecular formula is C9H11F3N3O5P. The van der Waals surface area contributed by atoms with E-state index in [0.29, 0.717) is 4.85 Å². The largest absolute Gasteiger partial charge is 0.469 e. The van der Waals surface area contributed by atoms with E-state index in [1.54, 1.807) is 0 Å². The van der Waals surface area contributed by atoms with E-state index in [9.17, 15) is 17.7 Å². The van der Waals surface area contributed by atoms with Gasteiger partial charge in [-0.05, 0) is 30.3 Å². The second kappa shape index (κ2) is 6.39. The fourth-order valence-electron chi connectivity index (χ4n) is 1.25. The van der Waals surface area contributed by atoms with Crippen LogP contribution in [0.15, 0.2) is 18.2 Å². The van der Waals surface area contributed by atoms with Crippen molar-refractivity contribution in [3.8, 4) is 0 Å². The summed E-state index contributed by atoms with van der Waals surface area (Å²) in [5, 5.41) is 15.6. The van der Waals surface area contributed by atoms with Gasteiger partial charge in [-0.15, -0.1) is 5.10 Å². The van der Waals surface area contributed by atoms with Crippen LogP contribution in [-0.4, -0.2) is 36.8 Å². The Morgan fingerprint density at radius 3 is 2.43 bits per heavy atom. The van der Waals surface area contributed by atoms with Crippen LogP contribution in [0.4, 0.5) is 13.2 Å². The number of hydrogen-bond acceptors (Lipinski definition) is 5. The topological polar surface area (TPSA) is 118 Å². The van der Waals surface area contributed by atoms with Crippen LogP contribution in [0.3, 0.4) is 0 Å². The van der Waals surface area contributed by atoms with Crippen molar-refractivity contribution in [3.05, 3.63) is 23.8 Å². The average molecular weight is 329 g/mol. The molecule has 0 aliphatic carbocycles. The molecule has 1 heterocycles. The maximum atomic E-state index is 12.2. The van der Waals surface area contributed by atoms with Crippen LogP contribution in [0, 0.1) is 0 Å². The van der Waals surface area contributed by atoms with Gasteiger partial charge in [0.2, 0.25) is 0 Å². The second-order valence-corrected chi connectivity index (χ2v) is 4.83. The van der Waals surface area contributed by atoms with E-state index in [0.717, 1.165) is 18.2 Å². The van der Waals surface area contributed by atoms with E-state index in [1.807, 2.05) is 0 Å². The molecule has 0 saturated carbocycles. The SMILES string of the molecule is CCOP(=O)(O)O.On1nnc2ccc(C(F)(F)F)cc21. The number of benzene rings is 1. The van der Waals surface area contributed by atoms with Gasteiger partial charge in [0.1, 0.15) is 11.0 Å². The molecule has 0 amide bonds. The Morgan fingerprint density at radius 2 is 2.00 bits per heavy atom. The summed E-state index contributed by atoms with van der Waals surface area (Å²) in [6, 6.07) is 2.82. The molecule has 2 rings (SSSR count). The maximum Gasteiger partial charge on any atom is 0.469 e. The molecule has 1 aromatic heterocycles. The van der Waals surface area contributed by atoms with E-state index in [4.69, 9.17) is 15.0 Å². The number of rotatable bonds is 2. The van der Waals surface area contributed by atoms with Crippen LogP contribution < -0.4 is 0 Å². The molecule has 12 heteroatoms. The number of nitrogens with zero attached hydrogens (tertiary/aromatic N) is 3. The summed E-state index contributed by atoms with van der Waals surface area (Å²) in [4.78, 5) is 16.1. The van der Waals surface area contributed by atoms with Crippen molar-refractivity contribution in [2.75, 3.05) is 6.61 Å². The third-order valence-electron chi connectivity index (χ3n) is 2.05. The Morgan fingerprint density at radius 1 is 1.38 bits per heavy atom. The number of hydrogen-bond donors (Lipinski definition) is 3. The van der Waals surface area contributed by atoms with Crippen LogP contribution in [0.1, 0.15) is 12.5 Å². The molecule has 0 spiro atoms. The number of alkyl halides is 3. The van der Waals surface area contributed by atoms with E-state index in [2.05, 4.69) is 14.8 Å². The van der Waals surface area contributed by atoms with Crippen LogP contribution in [0.25, 0.3) is 11.0 Å². The Labute approximate surface area is 116 Å². The van der Waals surface area contributed by atoms with E-state index >= 15 is 0 Å². The van der Waals surface area contributed by atoms with E-state index in [-0.39, 0.29) is 17.6 Å². The summed E-state index contributed by atoms with van der Waals surface area (Å²) in [6.45, 7) is 1.56. The summed E-state index contributed by atoms with van der Waals surface area (Å²) >= 11 is 0. The van der Waals surface area contributed by atoms with Gasteiger partial charge in [-0.3, -0.25) is 4.52 Å². The lowest BCUT2D eigenvalue weighted by molar-refractivity contribution is -0.137. The molecule has 3 N–H and O–H groups in total. The van der Waals surface area contributed by atoms with Gasteiger partial charge in [0.15, 0.2) is 0 Å². The van der Waals surface area contributed by atoms with Crippen molar-refractivity contribution in [3.63, 3.8) is 0 Å². The first-order chi connectivity index (χ1) is 9.54. The minimum Gasteiger partial charge on any atom is -0.410 e. The van der Waals surface area contributed by atoms with Gasteiger partial charge in [0.25, 0.3) is 0 Å². The minimum absolute atomic E-state index is 0.0459. The van der Waals surface area contributed by atoms with Crippen LogP contribution in [0.2, 0.25) is 0 Å². The maximum absolute atomic E-state index is 12.2. The Bertz CT molecular complexity index is 654. The summed E-state index contributed by atoms with van der Waals surface area (Å²) in [6.07, 6.45) is -4.43. The van der Waals surface area contributed by atoms with E-state index < -0.39 is 19.6 Å². The number of aromatic nitrogens is 3. The number of halogens is 3. The molecule has 118 valence electrons. The van der Waals surface area contributed by atoms with Crippen molar-refractivity contribution in [2.24, 2.45) is 0 Å². The predicted octanol–water partition coefficient (Wildman–Crippen LogP) is 1.80. The molecule has 1 aromatic carbocycles. The quantitative estimate of drug-likeness (QED) is 0.568. The molecule has 0 saturated heterocycles. The monoisotopic (exact) mass is 329 g/mol. The summed E-state index contributed by atoms with van der Waals surface area (Å²) in [5.41, 5.74) is -0.706. The molecule has 0 radical (unpaired) electrons. The lowest BCUT2D eigenvalue weighted by atomic mass is 10.2. The highest BCUT2D eigenvalue weighted by Crippen LogP contribution is 2.35. The molecule has 0 aliphatic rings. The Kier molecular flexibility index (Phi) is 5.29. The molecular weight excluding hydrogens is 318 g/mol. The highest BCUT2D eigenvalue weighted by Gasteiger charge is 2.31. The first-order valence-electron chi connectivity index (χ1n) is 5.36. The van der Waals surface area contributed by atoms with Gasteiger partial charge in [0.05, 0.1) is 12.2 Å². The van der Waals surface area contributed by atoms with Gasteiger partial charge in [-0.2, -0.15) is 13.2 Å². The highest BCUT2D eigenvalue weighted by atomic mass is 31.2. The fourth-order valence-corrected chi connectivity index (χ4v) is 1.59. The Balaban J connectivity index is 0.000000270. The van der Waals surface area contributed by atoms with Crippen LogP contribution in [-0.2, 0) is 15.3 Å². The molecule has 0 bridgehead atoms. The lowest BCUT2D eigenvalue weighted by Crippen LogP contribution is -2.04. The average Bonchev–Trinajstić information content (AvgIpc) is 2.69. The third kappa shape index (κ3) is 5.31. The minimum atomic E-state index is -4.43. The summed E-state index contributed by atoms with van der Waals surface area (Å²) in [5.74, 6) is 0. The third-order valence-corrected chi connectivity index (χ3v) is 2.65. The second-order valence-electron chi connectivity index (χ2n) is 3.59. The lowest BCUT2D eigenvalue weighted by Gasteiger charge is -2.05. The van der Waals surface area contributed by atoms with Gasteiger partial charge in [-0.25, -0.2) is 4.57 Å². The zero-order valence-corrected chi connectivity index (χ0v) is 11.4. The van der Waals surface area contributed by atoms with Gasteiger partial charge >= 0.3 is 14.0 Å². The van der Waals surface area contributed by atoms with Crippen molar-refractivity contribution >= 4 is 18.9 Å². The molecule has 8 nitrogen and oxygen atoms in total. The summed E-state index contributed by atoms with van der Waals surface area (Å²) < 4.78 is 50.3. The molecule has 0 aliphatic heterocycles. The van der Waals surface area contributed by atoms with Crippen molar-refractivity contribution in [1.29, 1.82) is 0 Å². The Hall–Kier alpha value is -1.68. The molecule has 0 atom stereocenters. The van der Waals surface area contributed by atoms with Crippen molar-refractivity contribution in [2.45, 2.75) is 13.1 Å². The normalized spacial score (nSPS) is 12.1. The highest BCUT2D eigenvalue weighted by molar-refractivity contribution is 7.46. The summed E-state index contributed by atoms with van der Waals surface area (Å²) in [7, 11) is -4.17. The van der Waals surface area contributed by atoms with Crippen LogP contribution in [0.5, 0.6) is 0 Å². The molecule has 2 aromatic rings. The smallest absolute Gasteiger partial charge is 0.410 e. The van der Waals surface area contributed by atoms with Gasteiger partial charge < -0.3 is 15.0 Å². The molecule has 21 heavy (non-hydrogen) atoms. The number of phosphoric acid groups is 1.